The van der Waals surface area contributed by atoms with Crippen molar-refractivity contribution in [2.45, 2.75) is 32.6 Å². The number of aromatic amines is 1. The molecule has 0 aliphatic heterocycles. The number of H-pyrrole nitrogens is 1. The topological polar surface area (TPSA) is 28.7 Å². The summed E-state index contributed by atoms with van der Waals surface area (Å²) in [5, 5.41) is 0. The van der Waals surface area contributed by atoms with Crippen molar-refractivity contribution in [2.24, 2.45) is 0 Å². The van der Waals surface area contributed by atoms with Crippen molar-refractivity contribution < 1.29 is 0 Å². The van der Waals surface area contributed by atoms with Gasteiger partial charge in [-0.05, 0) is 19.3 Å². The smallest absolute Gasteiger partial charge is 0.0921 e. The van der Waals surface area contributed by atoms with Crippen LogP contribution in [-0.2, 0) is 6.42 Å². The van der Waals surface area contributed by atoms with Gasteiger partial charge in [-0.25, -0.2) is 4.98 Å². The molecular weight excluding hydrogens is 148 g/mol. The van der Waals surface area contributed by atoms with E-state index in [1.54, 1.807) is 6.33 Å². The molecular formula is C10H16N2. The van der Waals surface area contributed by atoms with Crippen molar-refractivity contribution >= 4 is 0 Å². The van der Waals surface area contributed by atoms with Crippen LogP contribution in [0.3, 0.4) is 0 Å². The highest BCUT2D eigenvalue weighted by Gasteiger charge is 1.89. The van der Waals surface area contributed by atoms with Crippen LogP contribution in [0.1, 0.15) is 31.9 Å². The molecule has 66 valence electrons. The monoisotopic (exact) mass is 164 g/mol. The van der Waals surface area contributed by atoms with Crippen LogP contribution in [0.2, 0.25) is 0 Å². The van der Waals surface area contributed by atoms with Crippen LogP contribution in [0.5, 0.6) is 0 Å². The van der Waals surface area contributed by atoms with E-state index in [2.05, 4.69) is 29.0 Å². The summed E-state index contributed by atoms with van der Waals surface area (Å²) in [5.74, 6) is 0. The van der Waals surface area contributed by atoms with Crippen molar-refractivity contribution in [3.8, 4) is 0 Å². The number of unbranched alkanes of at least 4 members (excludes halogenated alkanes) is 1. The zero-order valence-corrected chi connectivity index (χ0v) is 7.59. The zero-order chi connectivity index (χ0) is 8.65. The summed E-state index contributed by atoms with van der Waals surface area (Å²) in [6.45, 7) is 2.19. The van der Waals surface area contributed by atoms with E-state index in [1.165, 1.54) is 18.5 Å². The highest BCUT2D eigenvalue weighted by Crippen LogP contribution is 1.98. The Labute approximate surface area is 73.7 Å². The Morgan fingerprint density at radius 1 is 1.42 bits per heavy atom. The molecule has 0 unspecified atom stereocenters. The molecule has 0 fully saturated rings. The van der Waals surface area contributed by atoms with Crippen LogP contribution >= 0.6 is 0 Å². The van der Waals surface area contributed by atoms with Gasteiger partial charge in [0.2, 0.25) is 0 Å². The second-order valence-corrected chi connectivity index (χ2v) is 2.88. The first-order valence-electron chi connectivity index (χ1n) is 4.55. The number of nitrogens with zero attached hydrogens (tertiary/aromatic N) is 1. The zero-order valence-electron chi connectivity index (χ0n) is 7.59. The first-order valence-corrected chi connectivity index (χ1v) is 4.55. The Morgan fingerprint density at radius 2 is 2.25 bits per heavy atom. The van der Waals surface area contributed by atoms with E-state index in [0.29, 0.717) is 0 Å². The number of hydrogen-bond acceptors (Lipinski definition) is 1. The minimum Gasteiger partial charge on any atom is -0.348 e. The van der Waals surface area contributed by atoms with Crippen molar-refractivity contribution in [1.29, 1.82) is 0 Å². The second-order valence-electron chi connectivity index (χ2n) is 2.88. The van der Waals surface area contributed by atoms with Gasteiger partial charge in [0.05, 0.1) is 6.33 Å². The van der Waals surface area contributed by atoms with Crippen LogP contribution < -0.4 is 0 Å². The third-order valence-corrected chi connectivity index (χ3v) is 1.76. The van der Waals surface area contributed by atoms with Gasteiger partial charge < -0.3 is 4.98 Å². The summed E-state index contributed by atoms with van der Waals surface area (Å²) in [4.78, 5) is 7.04. The average Bonchev–Trinajstić information content (AvgIpc) is 2.57. The molecule has 1 aromatic rings. The Balaban J connectivity index is 2.11. The Morgan fingerprint density at radius 3 is 2.92 bits per heavy atom. The van der Waals surface area contributed by atoms with Crippen molar-refractivity contribution in [1.82, 2.24) is 9.97 Å². The molecule has 0 saturated heterocycles. The standard InChI is InChI=1S/C10H16N2/c1-2-3-4-5-6-7-10-8-11-9-12-10/h4-5,8-9H,2-3,6-7H2,1H3,(H,11,12)/b5-4-. The molecule has 1 N–H and O–H groups in total. The molecule has 2 heteroatoms. The van der Waals surface area contributed by atoms with E-state index in [9.17, 15) is 0 Å². The van der Waals surface area contributed by atoms with Gasteiger partial charge in [0.1, 0.15) is 0 Å². The predicted octanol–water partition coefficient (Wildman–Crippen LogP) is 2.70. The fourth-order valence-electron chi connectivity index (χ4n) is 1.06. The normalized spacial score (nSPS) is 11.1. The van der Waals surface area contributed by atoms with Crippen molar-refractivity contribution in [2.75, 3.05) is 0 Å². The predicted molar refractivity (Wildman–Crippen MR) is 51.0 cm³/mol. The molecule has 0 aliphatic rings. The first kappa shape index (κ1) is 9.04. The Kier molecular flexibility index (Phi) is 4.21. The molecule has 1 rings (SSSR count). The molecule has 0 aliphatic carbocycles. The molecule has 1 aromatic heterocycles. The maximum atomic E-state index is 3.96. The Hall–Kier alpha value is -1.05. The van der Waals surface area contributed by atoms with Gasteiger partial charge in [0, 0.05) is 11.9 Å². The van der Waals surface area contributed by atoms with Gasteiger partial charge in [-0.1, -0.05) is 25.5 Å². The molecule has 0 saturated carbocycles. The second kappa shape index (κ2) is 5.58. The average molecular weight is 164 g/mol. The molecule has 0 radical (unpaired) electrons. The maximum absolute atomic E-state index is 3.96. The lowest BCUT2D eigenvalue weighted by atomic mass is 10.2. The van der Waals surface area contributed by atoms with Crippen LogP contribution in [0.4, 0.5) is 0 Å². The van der Waals surface area contributed by atoms with E-state index in [4.69, 9.17) is 0 Å². The lowest BCUT2D eigenvalue weighted by Crippen LogP contribution is -1.81. The highest BCUT2D eigenvalue weighted by atomic mass is 14.9. The summed E-state index contributed by atoms with van der Waals surface area (Å²) in [6, 6.07) is 0. The SMILES string of the molecule is CCC/C=C\CCc1cnc[nH]1. The fourth-order valence-corrected chi connectivity index (χ4v) is 1.06. The first-order chi connectivity index (χ1) is 5.93. The number of aromatic nitrogens is 2. The lowest BCUT2D eigenvalue weighted by molar-refractivity contribution is 0.923. The summed E-state index contributed by atoms with van der Waals surface area (Å²) < 4.78 is 0. The molecule has 0 amide bonds. The lowest BCUT2D eigenvalue weighted by Gasteiger charge is -1.90. The Bertz CT molecular complexity index is 212. The minimum absolute atomic E-state index is 1.07. The van der Waals surface area contributed by atoms with Gasteiger partial charge >= 0.3 is 0 Å². The molecule has 12 heavy (non-hydrogen) atoms. The van der Waals surface area contributed by atoms with Gasteiger partial charge in [0.15, 0.2) is 0 Å². The van der Waals surface area contributed by atoms with Crippen LogP contribution in [0.15, 0.2) is 24.7 Å². The number of hydrogen-bond donors (Lipinski definition) is 1. The number of allylic oxidation sites excluding steroid dienone is 2. The van der Waals surface area contributed by atoms with E-state index in [-0.39, 0.29) is 0 Å². The van der Waals surface area contributed by atoms with Gasteiger partial charge in [0.25, 0.3) is 0 Å². The van der Waals surface area contributed by atoms with Crippen molar-refractivity contribution in [3.05, 3.63) is 30.4 Å². The number of nitrogens with one attached hydrogen (secondary N) is 1. The summed E-state index contributed by atoms with van der Waals surface area (Å²) in [7, 11) is 0. The van der Waals surface area contributed by atoms with E-state index in [1.807, 2.05) is 6.20 Å². The van der Waals surface area contributed by atoms with Gasteiger partial charge in [-0.3, -0.25) is 0 Å². The van der Waals surface area contributed by atoms with E-state index in [0.717, 1.165) is 12.8 Å². The molecule has 2 nitrogen and oxygen atoms in total. The third-order valence-electron chi connectivity index (χ3n) is 1.76. The highest BCUT2D eigenvalue weighted by molar-refractivity contribution is 4.96. The maximum Gasteiger partial charge on any atom is 0.0921 e. The molecule has 0 atom stereocenters. The van der Waals surface area contributed by atoms with Crippen LogP contribution in [0.25, 0.3) is 0 Å². The summed E-state index contributed by atoms with van der Waals surface area (Å²) >= 11 is 0. The molecule has 0 bridgehead atoms. The molecule has 1 heterocycles. The van der Waals surface area contributed by atoms with E-state index >= 15 is 0 Å². The number of rotatable bonds is 5. The summed E-state index contributed by atoms with van der Waals surface area (Å²) in [6.07, 6.45) is 12.7. The van der Waals surface area contributed by atoms with Crippen LogP contribution in [0, 0.1) is 0 Å². The largest absolute Gasteiger partial charge is 0.348 e. The van der Waals surface area contributed by atoms with Crippen LogP contribution in [-0.4, -0.2) is 9.97 Å². The minimum atomic E-state index is 1.07. The molecule has 0 aromatic carbocycles. The fraction of sp³-hybridized carbons (Fsp3) is 0.500. The van der Waals surface area contributed by atoms with Gasteiger partial charge in [-0.15, -0.1) is 0 Å². The number of imidazole rings is 1. The third kappa shape index (κ3) is 3.37. The van der Waals surface area contributed by atoms with Gasteiger partial charge in [-0.2, -0.15) is 0 Å². The molecule has 0 spiro atoms. The van der Waals surface area contributed by atoms with Crippen molar-refractivity contribution in [3.63, 3.8) is 0 Å². The van der Waals surface area contributed by atoms with E-state index < -0.39 is 0 Å². The summed E-state index contributed by atoms with van der Waals surface area (Å²) in [5.41, 5.74) is 1.22. The number of aryl methyl sites for hydroxylation is 1. The quantitative estimate of drug-likeness (QED) is 0.666.